The van der Waals surface area contributed by atoms with E-state index in [0.717, 1.165) is 52.2 Å². The zero-order valence-electron chi connectivity index (χ0n) is 10.4. The summed E-state index contributed by atoms with van der Waals surface area (Å²) in [5.41, 5.74) is 0. The summed E-state index contributed by atoms with van der Waals surface area (Å²) < 4.78 is 5.66. The summed E-state index contributed by atoms with van der Waals surface area (Å²) in [6.07, 6.45) is 5.11. The second kappa shape index (κ2) is 4.94. The lowest BCUT2D eigenvalue weighted by atomic mass is 10.2. The van der Waals surface area contributed by atoms with Crippen molar-refractivity contribution < 1.29 is 9.53 Å². The Hall–Kier alpha value is -0.610. The largest absolute Gasteiger partial charge is 0.377 e. The number of hydrogen-bond donors (Lipinski definition) is 0. The van der Waals surface area contributed by atoms with Gasteiger partial charge >= 0.3 is 0 Å². The van der Waals surface area contributed by atoms with Crippen LogP contribution in [0.4, 0.5) is 0 Å². The van der Waals surface area contributed by atoms with E-state index in [4.69, 9.17) is 4.74 Å². The quantitative estimate of drug-likeness (QED) is 0.726. The molecule has 2 saturated heterocycles. The molecule has 1 saturated carbocycles. The Morgan fingerprint density at radius 2 is 1.88 bits per heavy atom. The molecular formula is C13H22N2O2. The molecule has 0 aromatic carbocycles. The van der Waals surface area contributed by atoms with Crippen molar-refractivity contribution in [2.24, 2.45) is 5.92 Å². The average molecular weight is 238 g/mol. The van der Waals surface area contributed by atoms with Gasteiger partial charge < -0.3 is 9.64 Å². The normalized spacial score (nSPS) is 30.8. The molecule has 2 heterocycles. The summed E-state index contributed by atoms with van der Waals surface area (Å²) in [5, 5.41) is 0. The molecule has 3 aliphatic rings. The van der Waals surface area contributed by atoms with Crippen molar-refractivity contribution in [3.05, 3.63) is 0 Å². The van der Waals surface area contributed by atoms with Crippen LogP contribution < -0.4 is 0 Å². The molecule has 4 nitrogen and oxygen atoms in total. The van der Waals surface area contributed by atoms with Crippen molar-refractivity contribution >= 4 is 5.91 Å². The number of amides is 1. The third kappa shape index (κ3) is 2.80. The number of ether oxygens (including phenoxy) is 1. The van der Waals surface area contributed by atoms with Crippen LogP contribution in [-0.4, -0.2) is 61.1 Å². The minimum Gasteiger partial charge on any atom is -0.377 e. The second-order valence-electron chi connectivity index (χ2n) is 5.54. The molecule has 1 aliphatic carbocycles. The van der Waals surface area contributed by atoms with Crippen LogP contribution in [0, 0.1) is 5.92 Å². The highest BCUT2D eigenvalue weighted by Crippen LogP contribution is 2.31. The highest BCUT2D eigenvalue weighted by molar-refractivity contribution is 5.81. The first-order chi connectivity index (χ1) is 8.33. The Morgan fingerprint density at radius 3 is 2.47 bits per heavy atom. The first kappa shape index (κ1) is 11.5. The maximum Gasteiger partial charge on any atom is 0.225 e. The lowest BCUT2D eigenvalue weighted by Gasteiger charge is -2.35. The topological polar surface area (TPSA) is 32.8 Å². The van der Waals surface area contributed by atoms with Gasteiger partial charge in [-0.25, -0.2) is 0 Å². The number of carbonyl (C=O) groups excluding carboxylic acids is 1. The van der Waals surface area contributed by atoms with E-state index < -0.39 is 0 Å². The SMILES string of the molecule is O=C(C1CC1)N1CCN(CC2CCCO2)CC1. The highest BCUT2D eigenvalue weighted by Gasteiger charge is 2.34. The standard InChI is InChI=1S/C13H22N2O2/c16-13(11-3-4-11)15-7-5-14(6-8-15)10-12-2-1-9-17-12/h11-12H,1-10H2. The molecule has 0 bridgehead atoms. The summed E-state index contributed by atoms with van der Waals surface area (Å²) in [6.45, 7) is 5.89. The first-order valence-electron chi connectivity index (χ1n) is 6.95. The molecule has 1 atom stereocenters. The minimum absolute atomic E-state index is 0.375. The van der Waals surface area contributed by atoms with Gasteiger partial charge in [-0.15, -0.1) is 0 Å². The number of piperazine rings is 1. The molecule has 0 N–H and O–H groups in total. The smallest absolute Gasteiger partial charge is 0.225 e. The molecule has 0 aromatic rings. The van der Waals surface area contributed by atoms with Gasteiger partial charge in [0.15, 0.2) is 0 Å². The van der Waals surface area contributed by atoms with Crippen LogP contribution in [0.25, 0.3) is 0 Å². The van der Waals surface area contributed by atoms with E-state index in [-0.39, 0.29) is 0 Å². The van der Waals surface area contributed by atoms with Gasteiger partial charge in [-0.05, 0) is 25.7 Å². The molecule has 1 unspecified atom stereocenters. The van der Waals surface area contributed by atoms with Crippen LogP contribution in [0.15, 0.2) is 0 Å². The predicted octanol–water partition coefficient (Wildman–Crippen LogP) is 0.720. The van der Waals surface area contributed by atoms with Crippen molar-refractivity contribution in [3.8, 4) is 0 Å². The van der Waals surface area contributed by atoms with Crippen LogP contribution in [0.5, 0.6) is 0 Å². The molecule has 0 spiro atoms. The zero-order valence-corrected chi connectivity index (χ0v) is 10.4. The monoisotopic (exact) mass is 238 g/mol. The van der Waals surface area contributed by atoms with E-state index in [1.165, 1.54) is 12.8 Å². The third-order valence-electron chi connectivity index (χ3n) is 4.10. The highest BCUT2D eigenvalue weighted by atomic mass is 16.5. The Morgan fingerprint density at radius 1 is 1.12 bits per heavy atom. The van der Waals surface area contributed by atoms with Crippen molar-refractivity contribution in [2.45, 2.75) is 31.8 Å². The summed E-state index contributed by atoms with van der Waals surface area (Å²) in [6, 6.07) is 0. The van der Waals surface area contributed by atoms with Crippen molar-refractivity contribution in [1.82, 2.24) is 9.80 Å². The van der Waals surface area contributed by atoms with Crippen LogP contribution in [0.1, 0.15) is 25.7 Å². The molecule has 17 heavy (non-hydrogen) atoms. The van der Waals surface area contributed by atoms with E-state index in [0.29, 0.717) is 17.9 Å². The third-order valence-corrected chi connectivity index (χ3v) is 4.10. The fourth-order valence-corrected chi connectivity index (χ4v) is 2.82. The van der Waals surface area contributed by atoms with Crippen LogP contribution in [0.3, 0.4) is 0 Å². The Balaban J connectivity index is 1.41. The summed E-state index contributed by atoms with van der Waals surface area (Å²) in [5.74, 6) is 0.779. The lowest BCUT2D eigenvalue weighted by molar-refractivity contribution is -0.134. The summed E-state index contributed by atoms with van der Waals surface area (Å²) in [7, 11) is 0. The minimum atomic E-state index is 0.375. The zero-order chi connectivity index (χ0) is 11.7. The molecular weight excluding hydrogens is 216 g/mol. The average Bonchev–Trinajstić information content (AvgIpc) is 3.09. The fourth-order valence-electron chi connectivity index (χ4n) is 2.82. The lowest BCUT2D eigenvalue weighted by Crippen LogP contribution is -2.50. The fraction of sp³-hybridized carbons (Fsp3) is 0.923. The summed E-state index contributed by atoms with van der Waals surface area (Å²) in [4.78, 5) is 16.4. The van der Waals surface area contributed by atoms with Gasteiger partial charge in [-0.1, -0.05) is 0 Å². The predicted molar refractivity (Wildman–Crippen MR) is 64.7 cm³/mol. The van der Waals surface area contributed by atoms with Gasteiger partial charge in [-0.3, -0.25) is 9.69 Å². The molecule has 0 aromatic heterocycles. The Bertz CT molecular complexity index is 277. The number of carbonyl (C=O) groups is 1. The van der Waals surface area contributed by atoms with Crippen molar-refractivity contribution in [2.75, 3.05) is 39.3 Å². The maximum absolute atomic E-state index is 11.9. The molecule has 96 valence electrons. The van der Waals surface area contributed by atoms with Crippen LogP contribution >= 0.6 is 0 Å². The number of hydrogen-bond acceptors (Lipinski definition) is 3. The van der Waals surface area contributed by atoms with Gasteiger partial charge in [0, 0.05) is 45.2 Å². The van der Waals surface area contributed by atoms with Gasteiger partial charge in [0.2, 0.25) is 5.91 Å². The van der Waals surface area contributed by atoms with Crippen molar-refractivity contribution in [1.29, 1.82) is 0 Å². The molecule has 4 heteroatoms. The van der Waals surface area contributed by atoms with Gasteiger partial charge in [-0.2, -0.15) is 0 Å². The Labute approximate surface area is 103 Å². The molecule has 3 rings (SSSR count). The maximum atomic E-state index is 11.9. The first-order valence-corrected chi connectivity index (χ1v) is 6.95. The van der Waals surface area contributed by atoms with E-state index >= 15 is 0 Å². The summed E-state index contributed by atoms with van der Waals surface area (Å²) >= 11 is 0. The van der Waals surface area contributed by atoms with E-state index in [1.54, 1.807) is 0 Å². The molecule has 3 fully saturated rings. The van der Waals surface area contributed by atoms with E-state index in [1.807, 2.05) is 0 Å². The van der Waals surface area contributed by atoms with Crippen LogP contribution in [-0.2, 0) is 9.53 Å². The van der Waals surface area contributed by atoms with Gasteiger partial charge in [0.1, 0.15) is 0 Å². The molecule has 2 aliphatic heterocycles. The van der Waals surface area contributed by atoms with Gasteiger partial charge in [0.25, 0.3) is 0 Å². The van der Waals surface area contributed by atoms with E-state index in [9.17, 15) is 4.79 Å². The molecule has 1 amide bonds. The van der Waals surface area contributed by atoms with Crippen molar-refractivity contribution in [3.63, 3.8) is 0 Å². The van der Waals surface area contributed by atoms with Crippen LogP contribution in [0.2, 0.25) is 0 Å². The number of nitrogens with zero attached hydrogens (tertiary/aromatic N) is 2. The van der Waals surface area contributed by atoms with E-state index in [2.05, 4.69) is 9.80 Å². The number of rotatable bonds is 3. The van der Waals surface area contributed by atoms with Gasteiger partial charge in [0.05, 0.1) is 6.10 Å². The Kier molecular flexibility index (Phi) is 3.34. The molecule has 0 radical (unpaired) electrons. The second-order valence-corrected chi connectivity index (χ2v) is 5.54.